The first kappa shape index (κ1) is 17.7. The van der Waals surface area contributed by atoms with E-state index in [4.69, 9.17) is 10.2 Å². The lowest BCUT2D eigenvalue weighted by Crippen LogP contribution is -2.23. The van der Waals surface area contributed by atoms with Crippen LogP contribution in [0.2, 0.25) is 0 Å². The van der Waals surface area contributed by atoms with Crippen LogP contribution in [0.15, 0.2) is 65.3 Å². The fraction of sp³-hybridized carbons (Fsp3) is 0.250. The molecule has 0 amide bonds. The summed E-state index contributed by atoms with van der Waals surface area (Å²) in [5, 5.41) is 4.61. The molecule has 0 bridgehead atoms. The molecule has 1 aliphatic carbocycles. The van der Waals surface area contributed by atoms with Crippen LogP contribution in [0.5, 0.6) is 0 Å². The van der Waals surface area contributed by atoms with Gasteiger partial charge in [0, 0.05) is 22.9 Å². The summed E-state index contributed by atoms with van der Waals surface area (Å²) < 4.78 is 6.28. The standard InChI is InChI=1S/C24H24N4O/c25-18-13-11-16(12-14-18)20-21-23(28-19-9-5-2-6-10-19)26-15-27-24(21)29-22(20)17-7-3-1-4-8-17/h1,3-4,7-8,11-15,19H,2,5-6,9-10,25H2,(H,26,27,28). The molecule has 0 radical (unpaired) electrons. The quantitative estimate of drug-likeness (QED) is 0.429. The number of anilines is 2. The van der Waals surface area contributed by atoms with Crippen molar-refractivity contribution in [2.24, 2.45) is 0 Å². The molecule has 4 aromatic rings. The van der Waals surface area contributed by atoms with E-state index in [0.29, 0.717) is 11.8 Å². The van der Waals surface area contributed by atoms with Gasteiger partial charge in [-0.15, -0.1) is 0 Å². The Labute approximate surface area is 170 Å². The lowest BCUT2D eigenvalue weighted by atomic mass is 9.95. The highest BCUT2D eigenvalue weighted by Gasteiger charge is 2.23. The lowest BCUT2D eigenvalue weighted by molar-refractivity contribution is 0.462. The molecule has 2 aromatic carbocycles. The smallest absolute Gasteiger partial charge is 0.232 e. The summed E-state index contributed by atoms with van der Waals surface area (Å²) in [5.74, 6) is 1.65. The normalized spacial score (nSPS) is 14.9. The van der Waals surface area contributed by atoms with Crippen LogP contribution in [0.4, 0.5) is 11.5 Å². The van der Waals surface area contributed by atoms with Gasteiger partial charge in [-0.05, 0) is 30.5 Å². The van der Waals surface area contributed by atoms with Gasteiger partial charge in [-0.2, -0.15) is 0 Å². The number of aromatic nitrogens is 2. The largest absolute Gasteiger partial charge is 0.437 e. The van der Waals surface area contributed by atoms with Crippen LogP contribution in [0, 0.1) is 0 Å². The Kier molecular flexibility index (Phi) is 4.64. The Morgan fingerprint density at radius 3 is 2.38 bits per heavy atom. The first-order chi connectivity index (χ1) is 14.3. The third kappa shape index (κ3) is 3.44. The molecule has 146 valence electrons. The van der Waals surface area contributed by atoms with Crippen molar-refractivity contribution in [3.63, 3.8) is 0 Å². The predicted molar refractivity (Wildman–Crippen MR) is 118 cm³/mol. The van der Waals surface area contributed by atoms with E-state index in [1.54, 1.807) is 6.33 Å². The van der Waals surface area contributed by atoms with Crippen LogP contribution in [0.3, 0.4) is 0 Å². The zero-order valence-electron chi connectivity index (χ0n) is 16.3. The van der Waals surface area contributed by atoms with E-state index in [0.717, 1.165) is 39.3 Å². The average Bonchev–Trinajstić information content (AvgIpc) is 3.16. The number of furan rings is 1. The molecule has 0 atom stereocenters. The number of hydrogen-bond donors (Lipinski definition) is 2. The summed E-state index contributed by atoms with van der Waals surface area (Å²) in [6.45, 7) is 0. The second-order valence-corrected chi connectivity index (χ2v) is 7.68. The van der Waals surface area contributed by atoms with Gasteiger partial charge in [-0.1, -0.05) is 61.7 Å². The van der Waals surface area contributed by atoms with Crippen molar-refractivity contribution in [1.29, 1.82) is 0 Å². The molecule has 3 N–H and O–H groups in total. The fourth-order valence-electron chi connectivity index (χ4n) is 4.20. The SMILES string of the molecule is Nc1ccc(-c2c(-c3ccccc3)oc3ncnc(NC4CCCCC4)c23)cc1. The number of hydrogen-bond acceptors (Lipinski definition) is 5. The van der Waals surface area contributed by atoms with Crippen molar-refractivity contribution in [3.05, 3.63) is 60.9 Å². The molecular weight excluding hydrogens is 360 g/mol. The van der Waals surface area contributed by atoms with Crippen molar-refractivity contribution >= 4 is 22.6 Å². The molecule has 1 saturated carbocycles. The molecule has 0 unspecified atom stereocenters. The van der Waals surface area contributed by atoms with E-state index < -0.39 is 0 Å². The molecule has 5 rings (SSSR count). The molecule has 0 spiro atoms. The molecule has 1 fully saturated rings. The highest BCUT2D eigenvalue weighted by atomic mass is 16.3. The van der Waals surface area contributed by atoms with Gasteiger partial charge in [-0.25, -0.2) is 9.97 Å². The highest BCUT2D eigenvalue weighted by molar-refractivity contribution is 6.06. The fourth-order valence-corrected chi connectivity index (χ4v) is 4.20. The van der Waals surface area contributed by atoms with Gasteiger partial charge in [0.05, 0.1) is 5.39 Å². The van der Waals surface area contributed by atoms with Crippen molar-refractivity contribution in [1.82, 2.24) is 9.97 Å². The second-order valence-electron chi connectivity index (χ2n) is 7.68. The van der Waals surface area contributed by atoms with Gasteiger partial charge in [0.1, 0.15) is 17.9 Å². The van der Waals surface area contributed by atoms with Crippen LogP contribution >= 0.6 is 0 Å². The van der Waals surface area contributed by atoms with Crippen molar-refractivity contribution in [2.75, 3.05) is 11.1 Å². The summed E-state index contributed by atoms with van der Waals surface area (Å²) >= 11 is 0. The summed E-state index contributed by atoms with van der Waals surface area (Å²) in [6.07, 6.45) is 7.77. The van der Waals surface area contributed by atoms with Gasteiger partial charge in [0.25, 0.3) is 0 Å². The molecule has 1 aliphatic rings. The third-order valence-electron chi connectivity index (χ3n) is 5.67. The second kappa shape index (κ2) is 7.59. The zero-order chi connectivity index (χ0) is 19.6. The molecule has 0 saturated heterocycles. The minimum atomic E-state index is 0.441. The Balaban J connectivity index is 1.71. The summed E-state index contributed by atoms with van der Waals surface area (Å²) in [6, 6.07) is 18.5. The maximum atomic E-state index is 6.28. The van der Waals surface area contributed by atoms with Gasteiger partial charge in [0.15, 0.2) is 0 Å². The van der Waals surface area contributed by atoms with Crippen LogP contribution in [0.25, 0.3) is 33.6 Å². The number of nitrogens with two attached hydrogens (primary N) is 1. The summed E-state index contributed by atoms with van der Waals surface area (Å²) in [4.78, 5) is 9.05. The third-order valence-corrected chi connectivity index (χ3v) is 5.67. The van der Waals surface area contributed by atoms with Crippen LogP contribution in [-0.4, -0.2) is 16.0 Å². The van der Waals surface area contributed by atoms with Crippen molar-refractivity contribution in [2.45, 2.75) is 38.1 Å². The van der Waals surface area contributed by atoms with E-state index >= 15 is 0 Å². The molecule has 2 aromatic heterocycles. The van der Waals surface area contributed by atoms with Gasteiger partial charge < -0.3 is 15.5 Å². The average molecular weight is 384 g/mol. The van der Waals surface area contributed by atoms with Crippen molar-refractivity contribution in [3.8, 4) is 22.5 Å². The number of benzene rings is 2. The highest BCUT2D eigenvalue weighted by Crippen LogP contribution is 2.43. The lowest BCUT2D eigenvalue weighted by Gasteiger charge is -2.23. The van der Waals surface area contributed by atoms with Crippen molar-refractivity contribution < 1.29 is 4.42 Å². The van der Waals surface area contributed by atoms with E-state index in [2.05, 4.69) is 27.4 Å². The predicted octanol–water partition coefficient (Wildman–Crippen LogP) is 5.88. The molecule has 29 heavy (non-hydrogen) atoms. The molecule has 0 aliphatic heterocycles. The Morgan fingerprint density at radius 2 is 1.62 bits per heavy atom. The van der Waals surface area contributed by atoms with Gasteiger partial charge in [-0.3, -0.25) is 0 Å². The van der Waals surface area contributed by atoms with E-state index in [1.807, 2.05) is 42.5 Å². The first-order valence-electron chi connectivity index (χ1n) is 10.2. The minimum Gasteiger partial charge on any atom is -0.437 e. The molecular formula is C24H24N4O. The molecule has 5 heteroatoms. The van der Waals surface area contributed by atoms with Gasteiger partial charge >= 0.3 is 0 Å². The van der Waals surface area contributed by atoms with E-state index in [-0.39, 0.29) is 0 Å². The maximum Gasteiger partial charge on any atom is 0.232 e. The van der Waals surface area contributed by atoms with Crippen LogP contribution in [-0.2, 0) is 0 Å². The first-order valence-corrected chi connectivity index (χ1v) is 10.2. The minimum absolute atomic E-state index is 0.441. The number of nitrogens with one attached hydrogen (secondary N) is 1. The Morgan fingerprint density at radius 1 is 0.862 bits per heavy atom. The number of rotatable bonds is 4. The number of fused-ring (bicyclic) bond motifs is 1. The topological polar surface area (TPSA) is 77.0 Å². The van der Waals surface area contributed by atoms with E-state index in [1.165, 1.54) is 32.1 Å². The zero-order valence-corrected chi connectivity index (χ0v) is 16.3. The monoisotopic (exact) mass is 384 g/mol. The Hall–Kier alpha value is -3.34. The van der Waals surface area contributed by atoms with Crippen LogP contribution in [0.1, 0.15) is 32.1 Å². The van der Waals surface area contributed by atoms with Crippen LogP contribution < -0.4 is 11.1 Å². The Bertz CT molecular complexity index is 1110. The summed E-state index contributed by atoms with van der Waals surface area (Å²) in [5.41, 5.74) is 10.3. The number of nitrogens with zero attached hydrogens (tertiary/aromatic N) is 2. The molecule has 2 heterocycles. The molecule has 5 nitrogen and oxygen atoms in total. The number of nitrogen functional groups attached to an aromatic ring is 1. The van der Waals surface area contributed by atoms with Gasteiger partial charge in [0.2, 0.25) is 5.71 Å². The maximum absolute atomic E-state index is 6.28. The summed E-state index contributed by atoms with van der Waals surface area (Å²) in [7, 11) is 0. The van der Waals surface area contributed by atoms with E-state index in [9.17, 15) is 0 Å².